The summed E-state index contributed by atoms with van der Waals surface area (Å²) in [5.41, 5.74) is 2.42. The first-order chi connectivity index (χ1) is 18.6. The summed E-state index contributed by atoms with van der Waals surface area (Å²) in [7, 11) is 0. The van der Waals surface area contributed by atoms with Gasteiger partial charge in [-0.25, -0.2) is 4.79 Å². The minimum absolute atomic E-state index is 0.329. The van der Waals surface area contributed by atoms with Gasteiger partial charge in [0.05, 0.1) is 5.69 Å². The summed E-state index contributed by atoms with van der Waals surface area (Å²) < 4.78 is 12.1. The number of anilines is 2. The topological polar surface area (TPSA) is 62.8 Å². The highest BCUT2D eigenvalue weighted by Gasteiger charge is 2.11. The van der Waals surface area contributed by atoms with E-state index in [9.17, 15) is 4.79 Å². The fourth-order valence-electron chi connectivity index (χ4n) is 4.64. The number of likely N-dealkylation sites (tertiary alicyclic amines) is 1. The van der Waals surface area contributed by atoms with Crippen LogP contribution in [0, 0.1) is 0 Å². The van der Waals surface area contributed by atoms with Crippen molar-refractivity contribution in [3.63, 3.8) is 0 Å². The quantitative estimate of drug-likeness (QED) is 0.234. The fourth-order valence-corrected chi connectivity index (χ4v) is 4.77. The second-order valence-electron chi connectivity index (χ2n) is 9.43. The average Bonchev–Trinajstić information content (AvgIpc) is 2.95. The fraction of sp³-hybridized carbons (Fsp3) is 0.258. The Morgan fingerprint density at radius 2 is 1.53 bits per heavy atom. The molecule has 1 fully saturated rings. The molecule has 1 aliphatic rings. The molecule has 1 heterocycles. The second-order valence-corrected chi connectivity index (χ2v) is 9.86. The summed E-state index contributed by atoms with van der Waals surface area (Å²) in [4.78, 5) is 15.1. The lowest BCUT2D eigenvalue weighted by atomic mass is 10.1. The number of ether oxygens (including phenoxy) is 2. The molecule has 0 radical (unpaired) electrons. The van der Waals surface area contributed by atoms with Crippen LogP contribution in [0.5, 0.6) is 11.5 Å². The van der Waals surface area contributed by atoms with Crippen molar-refractivity contribution >= 4 is 39.8 Å². The number of nitrogens with zero attached hydrogens (tertiary/aromatic N) is 1. The summed E-state index contributed by atoms with van der Waals surface area (Å²) in [5.74, 6) is 1.63. The monoisotopic (exact) mass is 529 g/mol. The molecule has 0 bridgehead atoms. The molecule has 0 atom stereocenters. The van der Waals surface area contributed by atoms with Gasteiger partial charge in [-0.2, -0.15) is 0 Å². The molecule has 7 heteroatoms. The molecule has 1 saturated heterocycles. The lowest BCUT2D eigenvalue weighted by molar-refractivity contribution is 0.183. The number of amides is 2. The van der Waals surface area contributed by atoms with Gasteiger partial charge in [0.2, 0.25) is 0 Å². The van der Waals surface area contributed by atoms with Gasteiger partial charge in [0, 0.05) is 28.0 Å². The lowest BCUT2D eigenvalue weighted by Gasteiger charge is -2.26. The van der Waals surface area contributed by atoms with Crippen molar-refractivity contribution in [1.29, 1.82) is 0 Å². The van der Waals surface area contributed by atoms with Crippen LogP contribution in [0.2, 0.25) is 5.02 Å². The summed E-state index contributed by atoms with van der Waals surface area (Å²) >= 11 is 5.93. The summed E-state index contributed by atoms with van der Waals surface area (Å²) in [6.07, 6.45) is 3.94. The number of urea groups is 1. The van der Waals surface area contributed by atoms with E-state index in [1.807, 2.05) is 60.7 Å². The molecule has 0 saturated carbocycles. The predicted octanol–water partition coefficient (Wildman–Crippen LogP) is 7.58. The van der Waals surface area contributed by atoms with Gasteiger partial charge in [-0.15, -0.1) is 0 Å². The zero-order valence-electron chi connectivity index (χ0n) is 21.3. The molecule has 1 aliphatic heterocycles. The molecule has 38 heavy (non-hydrogen) atoms. The van der Waals surface area contributed by atoms with Crippen LogP contribution in [0.25, 0.3) is 10.8 Å². The Hall–Kier alpha value is -3.74. The average molecular weight is 530 g/mol. The zero-order valence-corrected chi connectivity index (χ0v) is 22.0. The molecule has 2 amide bonds. The molecule has 6 nitrogen and oxygen atoms in total. The number of nitrogens with one attached hydrogen (secondary N) is 2. The van der Waals surface area contributed by atoms with Gasteiger partial charge in [0.25, 0.3) is 0 Å². The van der Waals surface area contributed by atoms with Gasteiger partial charge >= 0.3 is 6.03 Å². The summed E-state index contributed by atoms with van der Waals surface area (Å²) in [5, 5.41) is 8.20. The Labute approximate surface area is 228 Å². The lowest BCUT2D eigenvalue weighted by Crippen LogP contribution is -2.33. The maximum absolute atomic E-state index is 12.6. The number of piperidine rings is 1. The van der Waals surface area contributed by atoms with Gasteiger partial charge in [-0.1, -0.05) is 54.4 Å². The molecule has 0 spiro atoms. The van der Waals surface area contributed by atoms with Gasteiger partial charge in [0.15, 0.2) is 0 Å². The van der Waals surface area contributed by atoms with E-state index in [1.165, 1.54) is 32.4 Å². The van der Waals surface area contributed by atoms with Crippen molar-refractivity contribution in [3.8, 4) is 11.5 Å². The van der Waals surface area contributed by atoms with E-state index in [-0.39, 0.29) is 6.03 Å². The molecule has 5 rings (SSSR count). The zero-order chi connectivity index (χ0) is 26.2. The number of fused-ring (bicyclic) bond motifs is 1. The van der Waals surface area contributed by atoms with Crippen LogP contribution in [0.15, 0.2) is 84.9 Å². The highest BCUT2D eigenvalue weighted by molar-refractivity contribution is 6.30. The third-order valence-electron chi connectivity index (χ3n) is 6.68. The first kappa shape index (κ1) is 25.9. The predicted molar refractivity (Wildman–Crippen MR) is 155 cm³/mol. The number of hydrogen-bond donors (Lipinski definition) is 2. The highest BCUT2D eigenvalue weighted by Crippen LogP contribution is 2.32. The number of carbonyl (C=O) groups excluding carboxylic acids is 1. The van der Waals surface area contributed by atoms with E-state index in [0.29, 0.717) is 29.6 Å². The van der Waals surface area contributed by atoms with Gasteiger partial charge in [-0.05, 0) is 80.0 Å². The summed E-state index contributed by atoms with van der Waals surface area (Å²) in [6.45, 7) is 4.48. The van der Waals surface area contributed by atoms with Crippen molar-refractivity contribution in [1.82, 2.24) is 4.90 Å². The van der Waals surface area contributed by atoms with E-state index in [1.54, 1.807) is 24.3 Å². The van der Waals surface area contributed by atoms with E-state index < -0.39 is 0 Å². The molecular formula is C31H32ClN3O3. The van der Waals surface area contributed by atoms with Crippen LogP contribution in [-0.2, 0) is 6.61 Å². The van der Waals surface area contributed by atoms with Crippen LogP contribution in [0.3, 0.4) is 0 Å². The van der Waals surface area contributed by atoms with Crippen LogP contribution in [0.1, 0.15) is 24.8 Å². The number of rotatable bonds is 9. The van der Waals surface area contributed by atoms with Gasteiger partial charge in [0.1, 0.15) is 24.7 Å². The molecule has 2 N–H and O–H groups in total. The number of hydrogen-bond acceptors (Lipinski definition) is 4. The summed E-state index contributed by atoms with van der Waals surface area (Å²) in [6, 6.07) is 26.3. The van der Waals surface area contributed by atoms with Crippen molar-refractivity contribution in [2.24, 2.45) is 0 Å². The smallest absolute Gasteiger partial charge is 0.323 e. The van der Waals surface area contributed by atoms with Crippen LogP contribution >= 0.6 is 11.6 Å². The Kier molecular flexibility index (Phi) is 8.64. The largest absolute Gasteiger partial charge is 0.492 e. The molecular weight excluding hydrogens is 498 g/mol. The Balaban J connectivity index is 1.17. The molecule has 0 aromatic heterocycles. The molecule has 0 unspecified atom stereocenters. The molecule has 0 aliphatic carbocycles. The maximum atomic E-state index is 12.6. The molecule has 196 valence electrons. The van der Waals surface area contributed by atoms with Crippen molar-refractivity contribution in [3.05, 3.63) is 95.5 Å². The third-order valence-corrected chi connectivity index (χ3v) is 6.93. The Morgan fingerprint density at radius 3 is 2.29 bits per heavy atom. The van der Waals surface area contributed by atoms with Gasteiger partial charge in [-0.3, -0.25) is 4.90 Å². The number of carbonyl (C=O) groups is 1. The van der Waals surface area contributed by atoms with E-state index >= 15 is 0 Å². The highest BCUT2D eigenvalue weighted by atomic mass is 35.5. The molecule has 4 aromatic carbocycles. The van der Waals surface area contributed by atoms with Crippen LogP contribution in [0.4, 0.5) is 16.2 Å². The standard InChI is InChI=1S/C31H32ClN3O3/c32-24-10-12-25(13-11-24)33-31(36)34-29-16-17-30(28-7-3-2-6-27(28)29)38-22-23-8-14-26(15-9-23)37-21-20-35-18-4-1-5-19-35/h2-3,6-17H,1,4-5,18-22H2,(H2,33,34,36). The Morgan fingerprint density at radius 1 is 0.789 bits per heavy atom. The van der Waals surface area contributed by atoms with Crippen molar-refractivity contribution in [2.75, 3.05) is 36.9 Å². The first-order valence-electron chi connectivity index (χ1n) is 13.1. The van der Waals surface area contributed by atoms with Crippen molar-refractivity contribution in [2.45, 2.75) is 25.9 Å². The minimum atomic E-state index is -0.329. The maximum Gasteiger partial charge on any atom is 0.323 e. The third kappa shape index (κ3) is 6.97. The van der Waals surface area contributed by atoms with E-state index in [4.69, 9.17) is 21.1 Å². The number of halogens is 1. The van der Waals surface area contributed by atoms with Crippen molar-refractivity contribution < 1.29 is 14.3 Å². The van der Waals surface area contributed by atoms with Crippen LogP contribution in [-0.4, -0.2) is 37.2 Å². The van der Waals surface area contributed by atoms with Gasteiger partial charge < -0.3 is 20.1 Å². The van der Waals surface area contributed by atoms with Crippen LogP contribution < -0.4 is 20.1 Å². The first-order valence-corrected chi connectivity index (χ1v) is 13.4. The normalized spacial score (nSPS) is 13.7. The van der Waals surface area contributed by atoms with E-state index in [0.717, 1.165) is 34.4 Å². The number of benzene rings is 4. The Bertz CT molecular complexity index is 1350. The SMILES string of the molecule is O=C(Nc1ccc(Cl)cc1)Nc1ccc(OCc2ccc(OCCN3CCCCC3)cc2)c2ccccc12. The molecule has 4 aromatic rings. The minimum Gasteiger partial charge on any atom is -0.492 e. The van der Waals surface area contributed by atoms with E-state index in [2.05, 4.69) is 15.5 Å². The second kappa shape index (κ2) is 12.7.